The molecule has 0 rings (SSSR count). The van der Waals surface area contributed by atoms with E-state index in [1.807, 2.05) is 6.92 Å². The molecule has 2 N–H and O–H groups in total. The largest absolute Gasteiger partial charge is 0.436 e. The molecule has 1 unspecified atom stereocenters. The highest BCUT2D eigenvalue weighted by Crippen LogP contribution is 1.92. The van der Waals surface area contributed by atoms with Crippen LogP contribution in [0.25, 0.3) is 0 Å². The Hall–Kier alpha value is -1.11. The summed E-state index contributed by atoms with van der Waals surface area (Å²) >= 11 is 0. The lowest BCUT2D eigenvalue weighted by atomic mass is 10.7. The first kappa shape index (κ1) is 12.9. The van der Waals surface area contributed by atoms with Crippen molar-refractivity contribution < 1.29 is 14.4 Å². The number of nitrogens with zero attached hydrogens (tertiary/aromatic N) is 2. The fourth-order valence-corrected chi connectivity index (χ4v) is 1.18. The lowest BCUT2D eigenvalue weighted by Crippen LogP contribution is -2.26. The number of amides is 2. The molecule has 0 radical (unpaired) electrons. The zero-order chi connectivity index (χ0) is 11.1. The van der Waals surface area contributed by atoms with Gasteiger partial charge in [-0.25, -0.2) is 4.79 Å². The van der Waals surface area contributed by atoms with Crippen molar-refractivity contribution in [2.75, 3.05) is 25.6 Å². The minimum Gasteiger partial charge on any atom is -0.369 e. The van der Waals surface area contributed by atoms with Crippen LogP contribution in [0.3, 0.4) is 0 Å². The zero-order valence-electron chi connectivity index (χ0n) is 8.52. The van der Waals surface area contributed by atoms with Gasteiger partial charge in [-0.1, -0.05) is 15.2 Å². The Morgan fingerprint density at radius 1 is 1.57 bits per heavy atom. The highest BCUT2D eigenvalue weighted by Gasteiger charge is 2.07. The first-order valence-electron chi connectivity index (χ1n) is 4.01. The van der Waals surface area contributed by atoms with E-state index in [4.69, 9.17) is 5.73 Å². The van der Waals surface area contributed by atoms with Crippen LogP contribution in [0.15, 0.2) is 4.53 Å². The van der Waals surface area contributed by atoms with E-state index < -0.39 is 22.7 Å². The topological polar surface area (TPSA) is 85.0 Å². The van der Waals surface area contributed by atoms with Gasteiger partial charge in [0.15, 0.2) is 0 Å². The molecule has 0 heterocycles. The fraction of sp³-hybridized carbons (Fsp3) is 0.714. The number of carbonyl (C=O) groups excluding carboxylic acids is 2. The van der Waals surface area contributed by atoms with Crippen LogP contribution in [0.1, 0.15) is 6.92 Å². The number of primary amides is 1. The Bertz CT molecular complexity index is 255. The van der Waals surface area contributed by atoms with Crippen LogP contribution in [-0.4, -0.2) is 42.5 Å². The summed E-state index contributed by atoms with van der Waals surface area (Å²) in [5.74, 6) is -0.358. The summed E-state index contributed by atoms with van der Waals surface area (Å²) in [4.78, 5) is 27.5. The molecule has 0 aliphatic rings. The number of carbonyl (C=O) groups is 2. The van der Waals surface area contributed by atoms with Gasteiger partial charge >= 0.3 is 6.09 Å². The van der Waals surface area contributed by atoms with Crippen molar-refractivity contribution >= 4 is 22.7 Å². The van der Waals surface area contributed by atoms with Crippen molar-refractivity contribution in [1.29, 1.82) is 0 Å². The average molecular weight is 221 g/mol. The predicted octanol–water partition coefficient (Wildman–Crippen LogP) is -0.0933. The first-order chi connectivity index (χ1) is 6.47. The molecule has 82 valence electrons. The number of hydrogen-bond donors (Lipinski definition) is 1. The highest BCUT2D eigenvalue weighted by molar-refractivity contribution is 7.87. The molecular formula is C7H15N3O3S. The monoisotopic (exact) mass is 221 g/mol. The van der Waals surface area contributed by atoms with Crippen LogP contribution < -0.4 is 5.73 Å². The van der Waals surface area contributed by atoms with Gasteiger partial charge in [0, 0.05) is 13.6 Å². The Kier molecular flexibility index (Phi) is 5.86. The average Bonchev–Trinajstić information content (AvgIpc) is 2.11. The predicted molar refractivity (Wildman–Crippen MR) is 54.6 cm³/mol. The van der Waals surface area contributed by atoms with Crippen molar-refractivity contribution in [3.63, 3.8) is 0 Å². The molecule has 0 saturated heterocycles. The zero-order valence-corrected chi connectivity index (χ0v) is 9.34. The van der Waals surface area contributed by atoms with Crippen LogP contribution >= 0.6 is 0 Å². The van der Waals surface area contributed by atoms with Gasteiger partial charge in [0.25, 0.3) is 0 Å². The molecule has 0 aliphatic carbocycles. The van der Waals surface area contributed by atoms with Gasteiger partial charge in [0.1, 0.15) is 0 Å². The molecule has 6 nitrogen and oxygen atoms in total. The number of rotatable bonds is 4. The van der Waals surface area contributed by atoms with Crippen LogP contribution in [0, 0.1) is 0 Å². The van der Waals surface area contributed by atoms with E-state index in [1.54, 1.807) is 13.3 Å². The molecule has 0 spiro atoms. The maximum atomic E-state index is 11.1. The number of hydrogen-bond acceptors (Lipinski definition) is 4. The van der Waals surface area contributed by atoms with E-state index in [1.165, 1.54) is 4.90 Å². The van der Waals surface area contributed by atoms with E-state index >= 15 is 0 Å². The molecule has 0 aromatic carbocycles. The summed E-state index contributed by atoms with van der Waals surface area (Å²) in [6, 6.07) is 0. The second kappa shape index (κ2) is 6.36. The molecule has 2 amide bonds. The fourth-order valence-electron chi connectivity index (χ4n) is 0.527. The van der Waals surface area contributed by atoms with Gasteiger partial charge < -0.3 is 10.6 Å². The Morgan fingerprint density at radius 2 is 2.14 bits per heavy atom. The van der Waals surface area contributed by atoms with Crippen molar-refractivity contribution in [1.82, 2.24) is 4.90 Å². The Labute approximate surface area is 85.4 Å². The van der Waals surface area contributed by atoms with Crippen molar-refractivity contribution in [3.05, 3.63) is 0 Å². The smallest absolute Gasteiger partial charge is 0.369 e. The van der Waals surface area contributed by atoms with Gasteiger partial charge in [-0.2, -0.15) is 0 Å². The second-order valence-electron chi connectivity index (χ2n) is 2.66. The lowest BCUT2D eigenvalue weighted by molar-refractivity contribution is -0.115. The maximum Gasteiger partial charge on any atom is 0.436 e. The minimum absolute atomic E-state index is 0.100. The molecule has 0 aliphatic heterocycles. The van der Waals surface area contributed by atoms with Gasteiger partial charge in [-0.05, 0) is 13.2 Å². The van der Waals surface area contributed by atoms with E-state index in [2.05, 4.69) is 9.36 Å². The third-order valence-corrected chi connectivity index (χ3v) is 2.41. The molecule has 1 atom stereocenters. The summed E-state index contributed by atoms with van der Waals surface area (Å²) < 4.78 is 3.57. The molecule has 0 fully saturated rings. The van der Waals surface area contributed by atoms with Crippen LogP contribution in [0.2, 0.25) is 0 Å². The molecule has 0 bridgehead atoms. The van der Waals surface area contributed by atoms with Gasteiger partial charge in [-0.3, -0.25) is 9.63 Å². The summed E-state index contributed by atoms with van der Waals surface area (Å²) in [6.45, 7) is 2.36. The Morgan fingerprint density at radius 3 is 2.57 bits per heavy atom. The lowest BCUT2D eigenvalue weighted by Gasteiger charge is -2.10. The van der Waals surface area contributed by atoms with E-state index in [0.29, 0.717) is 6.54 Å². The standard InChI is InChI=1S/C7H15N3O3S/c1-4-10(2)7(12)13-9-14(3)5-6(8)11/h4-5H2,1-3H3,(H2,8,11). The van der Waals surface area contributed by atoms with Crippen LogP contribution in [-0.2, 0) is 20.3 Å². The van der Waals surface area contributed by atoms with Gasteiger partial charge in [0.05, 0.1) is 5.75 Å². The third kappa shape index (κ3) is 5.52. The third-order valence-electron chi connectivity index (χ3n) is 1.38. The molecule has 0 saturated carbocycles. The van der Waals surface area contributed by atoms with Crippen LogP contribution in [0.5, 0.6) is 0 Å². The first-order valence-corrected chi connectivity index (χ1v) is 5.77. The summed E-state index contributed by atoms with van der Waals surface area (Å²) in [5, 5.41) is 0. The molecular weight excluding hydrogens is 206 g/mol. The van der Waals surface area contributed by atoms with Gasteiger partial charge in [0.2, 0.25) is 5.91 Å². The van der Waals surface area contributed by atoms with Crippen molar-refractivity contribution in [2.45, 2.75) is 6.92 Å². The van der Waals surface area contributed by atoms with Gasteiger partial charge in [-0.15, -0.1) is 0 Å². The minimum atomic E-state index is -0.658. The summed E-state index contributed by atoms with van der Waals surface area (Å²) in [6.07, 6.45) is 1.14. The Balaban J connectivity index is 4.02. The molecule has 0 aromatic rings. The molecule has 0 aromatic heterocycles. The maximum absolute atomic E-state index is 11.1. The van der Waals surface area contributed by atoms with E-state index in [0.717, 1.165) is 0 Å². The van der Waals surface area contributed by atoms with Crippen molar-refractivity contribution in [2.24, 2.45) is 10.3 Å². The van der Waals surface area contributed by atoms with E-state index in [-0.39, 0.29) is 5.75 Å². The SMILES string of the molecule is CCN(C)C(=O)O/N=S(\C)CC(N)=O. The second-order valence-corrected chi connectivity index (χ2v) is 4.30. The quantitative estimate of drug-likeness (QED) is 0.673. The van der Waals surface area contributed by atoms with E-state index in [9.17, 15) is 9.59 Å². The van der Waals surface area contributed by atoms with Crippen molar-refractivity contribution in [3.8, 4) is 0 Å². The molecule has 14 heavy (non-hydrogen) atoms. The summed E-state index contributed by atoms with van der Waals surface area (Å²) in [5.41, 5.74) is 4.94. The summed E-state index contributed by atoms with van der Waals surface area (Å²) in [7, 11) is 0.938. The number of nitrogens with two attached hydrogens (primary N) is 1. The normalized spacial score (nSPS) is 12.2. The molecule has 7 heteroatoms. The highest BCUT2D eigenvalue weighted by atomic mass is 32.2. The van der Waals surface area contributed by atoms with Crippen LogP contribution in [0.4, 0.5) is 4.79 Å².